The maximum atomic E-state index is 10.9. The molecular weight excluding hydrogens is 240 g/mol. The molecule has 18 heavy (non-hydrogen) atoms. The number of hydrogen-bond donors (Lipinski definition) is 4. The standard InChI is InChI=1S/C11H16N2O5/c1-8-3-2-4-9(13(17)18)10(8)12-11(5-14,6-15)7-16/h2-4,12,14-16H,5-7H2,1H3. The van der Waals surface area contributed by atoms with E-state index in [2.05, 4.69) is 5.32 Å². The van der Waals surface area contributed by atoms with Crippen molar-refractivity contribution in [1.82, 2.24) is 0 Å². The van der Waals surface area contributed by atoms with Crippen molar-refractivity contribution in [2.24, 2.45) is 0 Å². The predicted octanol–water partition coefficient (Wildman–Crippen LogP) is 0.0308. The lowest BCUT2D eigenvalue weighted by atomic mass is 10.0. The van der Waals surface area contributed by atoms with Crippen molar-refractivity contribution in [2.75, 3.05) is 25.1 Å². The van der Waals surface area contributed by atoms with Gasteiger partial charge in [0.2, 0.25) is 0 Å². The number of rotatable bonds is 6. The number of hydrogen-bond acceptors (Lipinski definition) is 6. The number of para-hydroxylation sites is 1. The molecule has 0 amide bonds. The van der Waals surface area contributed by atoms with Gasteiger partial charge in [0, 0.05) is 6.07 Å². The van der Waals surface area contributed by atoms with E-state index in [0.717, 1.165) is 0 Å². The maximum absolute atomic E-state index is 10.9. The second-order valence-electron chi connectivity index (χ2n) is 4.11. The van der Waals surface area contributed by atoms with Crippen LogP contribution in [0.25, 0.3) is 0 Å². The molecule has 0 unspecified atom stereocenters. The largest absolute Gasteiger partial charge is 0.394 e. The molecule has 1 aromatic rings. The van der Waals surface area contributed by atoms with Crippen LogP contribution in [0.5, 0.6) is 0 Å². The highest BCUT2D eigenvalue weighted by Gasteiger charge is 2.31. The van der Waals surface area contributed by atoms with Gasteiger partial charge in [0.25, 0.3) is 5.69 Å². The van der Waals surface area contributed by atoms with Crippen LogP contribution in [0, 0.1) is 17.0 Å². The van der Waals surface area contributed by atoms with Gasteiger partial charge in [0.05, 0.1) is 24.7 Å². The van der Waals surface area contributed by atoms with Crippen molar-refractivity contribution in [2.45, 2.75) is 12.5 Å². The molecule has 0 saturated heterocycles. The summed E-state index contributed by atoms with van der Waals surface area (Å²) < 4.78 is 0. The van der Waals surface area contributed by atoms with Crippen LogP contribution >= 0.6 is 0 Å². The molecule has 4 N–H and O–H groups in total. The maximum Gasteiger partial charge on any atom is 0.292 e. The van der Waals surface area contributed by atoms with Gasteiger partial charge in [-0.25, -0.2) is 0 Å². The molecule has 1 aromatic carbocycles. The smallest absolute Gasteiger partial charge is 0.292 e. The van der Waals surface area contributed by atoms with Crippen molar-refractivity contribution in [1.29, 1.82) is 0 Å². The summed E-state index contributed by atoms with van der Waals surface area (Å²) in [5.41, 5.74) is -0.796. The number of aryl methyl sites for hydroxylation is 1. The van der Waals surface area contributed by atoms with Crippen molar-refractivity contribution >= 4 is 11.4 Å². The Hall–Kier alpha value is -1.70. The SMILES string of the molecule is Cc1cccc([N+](=O)[O-])c1NC(CO)(CO)CO. The van der Waals surface area contributed by atoms with E-state index in [1.165, 1.54) is 12.1 Å². The van der Waals surface area contributed by atoms with Gasteiger partial charge in [-0.1, -0.05) is 12.1 Å². The zero-order valence-electron chi connectivity index (χ0n) is 9.96. The van der Waals surface area contributed by atoms with Crippen molar-refractivity contribution in [3.05, 3.63) is 33.9 Å². The Bertz CT molecular complexity index is 423. The molecule has 7 nitrogen and oxygen atoms in total. The Kier molecular flexibility index (Phi) is 4.60. The number of benzene rings is 1. The Morgan fingerprint density at radius 3 is 2.28 bits per heavy atom. The summed E-state index contributed by atoms with van der Waals surface area (Å²) >= 11 is 0. The minimum Gasteiger partial charge on any atom is -0.394 e. The fourth-order valence-electron chi connectivity index (χ4n) is 1.50. The Morgan fingerprint density at radius 1 is 1.28 bits per heavy atom. The summed E-state index contributed by atoms with van der Waals surface area (Å²) in [6.45, 7) is 0.00861. The molecule has 0 saturated carbocycles. The quantitative estimate of drug-likeness (QED) is 0.421. The average Bonchev–Trinajstić information content (AvgIpc) is 2.37. The summed E-state index contributed by atoms with van der Waals surface area (Å²) in [5.74, 6) is 0. The summed E-state index contributed by atoms with van der Waals surface area (Å²) in [6.07, 6.45) is 0. The molecule has 0 aromatic heterocycles. The van der Waals surface area contributed by atoms with E-state index in [1.54, 1.807) is 13.0 Å². The minimum atomic E-state index is -1.39. The Morgan fingerprint density at radius 2 is 1.83 bits per heavy atom. The second kappa shape index (κ2) is 5.76. The molecule has 0 aliphatic carbocycles. The predicted molar refractivity (Wildman–Crippen MR) is 65.4 cm³/mol. The van der Waals surface area contributed by atoms with Crippen LogP contribution < -0.4 is 5.32 Å². The number of nitrogens with zero attached hydrogens (tertiary/aromatic N) is 1. The van der Waals surface area contributed by atoms with E-state index >= 15 is 0 Å². The van der Waals surface area contributed by atoms with Crippen LogP contribution in [0.3, 0.4) is 0 Å². The van der Waals surface area contributed by atoms with Gasteiger partial charge in [-0.3, -0.25) is 10.1 Å². The van der Waals surface area contributed by atoms with Crippen LogP contribution in [0.2, 0.25) is 0 Å². The van der Waals surface area contributed by atoms with Gasteiger partial charge < -0.3 is 20.6 Å². The first-order valence-electron chi connectivity index (χ1n) is 5.34. The number of nitro groups is 1. The molecule has 7 heteroatoms. The van der Waals surface area contributed by atoms with Crippen LogP contribution in [-0.4, -0.2) is 45.6 Å². The van der Waals surface area contributed by atoms with Gasteiger partial charge in [0.1, 0.15) is 11.2 Å². The molecule has 0 heterocycles. The molecular formula is C11H16N2O5. The van der Waals surface area contributed by atoms with E-state index in [0.29, 0.717) is 5.56 Å². The van der Waals surface area contributed by atoms with Crippen LogP contribution in [0.15, 0.2) is 18.2 Å². The van der Waals surface area contributed by atoms with Crippen LogP contribution in [0.1, 0.15) is 5.56 Å². The van der Waals surface area contributed by atoms with Gasteiger partial charge in [0.15, 0.2) is 0 Å². The molecule has 0 radical (unpaired) electrons. The summed E-state index contributed by atoms with van der Waals surface area (Å²) in [4.78, 5) is 10.3. The molecule has 1 rings (SSSR count). The first kappa shape index (κ1) is 14.4. The van der Waals surface area contributed by atoms with E-state index in [9.17, 15) is 25.4 Å². The molecule has 0 aliphatic rings. The lowest BCUT2D eigenvalue weighted by Crippen LogP contribution is -2.49. The van der Waals surface area contributed by atoms with E-state index in [1.807, 2.05) is 0 Å². The van der Waals surface area contributed by atoms with Crippen LogP contribution in [0.4, 0.5) is 11.4 Å². The normalized spacial score (nSPS) is 11.3. The molecule has 0 atom stereocenters. The third kappa shape index (κ3) is 2.76. The molecule has 0 spiro atoms. The van der Waals surface area contributed by atoms with E-state index < -0.39 is 30.3 Å². The number of anilines is 1. The van der Waals surface area contributed by atoms with E-state index in [4.69, 9.17) is 0 Å². The van der Waals surface area contributed by atoms with E-state index in [-0.39, 0.29) is 11.4 Å². The van der Waals surface area contributed by atoms with Gasteiger partial charge >= 0.3 is 0 Å². The fourth-order valence-corrected chi connectivity index (χ4v) is 1.50. The van der Waals surface area contributed by atoms with Gasteiger partial charge in [-0.15, -0.1) is 0 Å². The molecule has 0 fully saturated rings. The minimum absolute atomic E-state index is 0.172. The molecule has 0 aliphatic heterocycles. The molecule has 100 valence electrons. The third-order valence-corrected chi connectivity index (χ3v) is 2.75. The number of aliphatic hydroxyl groups excluding tert-OH is 3. The number of nitro benzene ring substituents is 1. The number of aliphatic hydroxyl groups is 3. The zero-order valence-corrected chi connectivity index (χ0v) is 9.96. The summed E-state index contributed by atoms with van der Waals surface area (Å²) in [7, 11) is 0. The monoisotopic (exact) mass is 256 g/mol. The fraction of sp³-hybridized carbons (Fsp3) is 0.455. The lowest BCUT2D eigenvalue weighted by Gasteiger charge is -2.30. The average molecular weight is 256 g/mol. The summed E-state index contributed by atoms with van der Waals surface area (Å²) in [5, 5.41) is 41.2. The van der Waals surface area contributed by atoms with Crippen molar-refractivity contribution in [3.63, 3.8) is 0 Å². The highest BCUT2D eigenvalue weighted by atomic mass is 16.6. The van der Waals surface area contributed by atoms with Gasteiger partial charge in [-0.2, -0.15) is 0 Å². The Balaban J connectivity index is 3.20. The van der Waals surface area contributed by atoms with Crippen molar-refractivity contribution < 1.29 is 20.2 Å². The first-order valence-corrected chi connectivity index (χ1v) is 5.34. The highest BCUT2D eigenvalue weighted by molar-refractivity contribution is 5.67. The topological polar surface area (TPSA) is 116 Å². The van der Waals surface area contributed by atoms with Gasteiger partial charge in [-0.05, 0) is 12.5 Å². The Labute approximate surface area is 104 Å². The summed E-state index contributed by atoms with van der Waals surface area (Å²) in [6, 6.07) is 4.51. The first-order chi connectivity index (χ1) is 8.49. The second-order valence-corrected chi connectivity index (χ2v) is 4.11. The van der Waals surface area contributed by atoms with Crippen molar-refractivity contribution in [3.8, 4) is 0 Å². The highest BCUT2D eigenvalue weighted by Crippen LogP contribution is 2.30. The third-order valence-electron chi connectivity index (χ3n) is 2.75. The zero-order chi connectivity index (χ0) is 13.8. The molecule has 0 bridgehead atoms. The van der Waals surface area contributed by atoms with Crippen LogP contribution in [-0.2, 0) is 0 Å². The lowest BCUT2D eigenvalue weighted by molar-refractivity contribution is -0.384. The number of nitrogens with one attached hydrogen (secondary N) is 1.